The zero-order chi connectivity index (χ0) is 45.7. The van der Waals surface area contributed by atoms with E-state index in [1.807, 2.05) is 0 Å². The van der Waals surface area contributed by atoms with Gasteiger partial charge in [-0.25, -0.2) is 0 Å². The van der Waals surface area contributed by atoms with Crippen molar-refractivity contribution in [2.24, 2.45) is 0 Å². The summed E-state index contributed by atoms with van der Waals surface area (Å²) in [7, 11) is 0. The molecule has 69 heavy (non-hydrogen) atoms. The lowest BCUT2D eigenvalue weighted by atomic mass is 9.60. The maximum Gasteiger partial charge on any atom is 0.0713 e. The molecule has 10 aromatic carbocycles. The van der Waals surface area contributed by atoms with Gasteiger partial charge < -0.3 is 9.47 Å². The van der Waals surface area contributed by atoms with E-state index in [-0.39, 0.29) is 0 Å². The zero-order valence-electron chi connectivity index (χ0n) is 38.2. The Morgan fingerprint density at radius 2 is 0.942 bits per heavy atom. The normalized spacial score (nSPS) is 14.9. The van der Waals surface area contributed by atoms with Crippen LogP contribution in [0.1, 0.15) is 35.1 Å². The fourth-order valence-corrected chi connectivity index (χ4v) is 11.5. The van der Waals surface area contributed by atoms with Crippen molar-refractivity contribution in [2.75, 3.05) is 4.90 Å². The third-order valence-electron chi connectivity index (χ3n) is 14.5. The summed E-state index contributed by atoms with van der Waals surface area (Å²) in [6.45, 7) is 0. The maximum atomic E-state index is 2.45. The van der Waals surface area contributed by atoms with Crippen molar-refractivity contribution in [2.45, 2.75) is 18.3 Å². The van der Waals surface area contributed by atoms with Gasteiger partial charge in [-0.3, -0.25) is 0 Å². The lowest BCUT2D eigenvalue weighted by Gasteiger charge is -2.41. The van der Waals surface area contributed by atoms with E-state index in [0.717, 1.165) is 29.9 Å². The SMILES string of the molecule is C1=CC(N(c2ccc(C3(c4ccccc4)c4ccccc4-c4ccccc4-c4cccc3c4-c3ccccc3)cc2)c2ccc3c4ccccc4n(-c4ccc(-c5ccccc5)cc4)c3c2)=CCC1. The summed E-state index contributed by atoms with van der Waals surface area (Å²) < 4.78 is 2.43. The van der Waals surface area contributed by atoms with Crippen molar-refractivity contribution in [1.29, 1.82) is 0 Å². The third kappa shape index (κ3) is 6.63. The Balaban J connectivity index is 1.02. The fourth-order valence-electron chi connectivity index (χ4n) is 11.5. The number of nitrogens with zero attached hydrogens (tertiary/aromatic N) is 2. The van der Waals surface area contributed by atoms with Gasteiger partial charge in [-0.05, 0) is 128 Å². The first kappa shape index (κ1) is 40.5. The van der Waals surface area contributed by atoms with Crippen LogP contribution in [-0.4, -0.2) is 4.57 Å². The first-order chi connectivity index (χ1) is 34.3. The molecular formula is C67H48N2. The molecule has 0 saturated heterocycles. The second kappa shape index (κ2) is 16.9. The number of allylic oxidation sites excluding steroid dienone is 3. The van der Waals surface area contributed by atoms with Crippen LogP contribution in [0.5, 0.6) is 0 Å². The minimum Gasteiger partial charge on any atom is -0.311 e. The molecule has 1 atom stereocenters. The largest absolute Gasteiger partial charge is 0.311 e. The Hall–Kier alpha value is -8.72. The highest BCUT2D eigenvalue weighted by Gasteiger charge is 2.43. The number of hydrogen-bond acceptors (Lipinski definition) is 1. The van der Waals surface area contributed by atoms with Crippen LogP contribution < -0.4 is 4.90 Å². The number of para-hydroxylation sites is 1. The number of hydrogen-bond donors (Lipinski definition) is 0. The maximum absolute atomic E-state index is 2.45. The van der Waals surface area contributed by atoms with E-state index >= 15 is 0 Å². The van der Waals surface area contributed by atoms with E-state index < -0.39 is 5.41 Å². The Morgan fingerprint density at radius 3 is 1.68 bits per heavy atom. The molecular weight excluding hydrogens is 833 g/mol. The second-order valence-corrected chi connectivity index (χ2v) is 18.3. The molecule has 0 fully saturated rings. The second-order valence-electron chi connectivity index (χ2n) is 18.3. The number of rotatable bonds is 8. The van der Waals surface area contributed by atoms with Crippen LogP contribution in [0.15, 0.2) is 273 Å². The fraction of sp³-hybridized carbons (Fsp3) is 0.0448. The molecule has 11 aromatic rings. The van der Waals surface area contributed by atoms with Crippen LogP contribution in [0.2, 0.25) is 0 Å². The first-order valence-electron chi connectivity index (χ1n) is 24.2. The molecule has 0 saturated carbocycles. The molecule has 0 radical (unpaired) electrons. The van der Waals surface area contributed by atoms with Crippen molar-refractivity contribution in [3.8, 4) is 50.2 Å². The number of benzene rings is 10. The van der Waals surface area contributed by atoms with Crippen LogP contribution >= 0.6 is 0 Å². The van der Waals surface area contributed by atoms with Gasteiger partial charge in [0.05, 0.1) is 16.4 Å². The molecule has 1 aromatic heterocycles. The van der Waals surface area contributed by atoms with Crippen LogP contribution in [0.25, 0.3) is 72.0 Å². The summed E-state index contributed by atoms with van der Waals surface area (Å²) in [4.78, 5) is 2.45. The van der Waals surface area contributed by atoms with Crippen LogP contribution in [0.3, 0.4) is 0 Å². The standard InChI is InChI=1S/C67H48N2/c1-5-20-47(21-6-1)48-36-40-54(41-37-48)69-64-35-18-16-31-59(64)60-45-44-55(46-65(60)69)68(52-26-11-4-12-27-52)53-42-38-51(39-43-53)67(50-24-9-3-10-25-50)62-33-17-15-30-58(62)56-28-13-14-29-57(56)61-32-19-34-63(67)66(61)49-22-7-2-8-23-49/h1-3,5-11,13-46H,4,12H2. The number of fused-ring (bicyclic) bond motifs is 9. The molecule has 0 N–H and O–H groups in total. The monoisotopic (exact) mass is 880 g/mol. The van der Waals surface area contributed by atoms with Gasteiger partial charge in [0.25, 0.3) is 0 Å². The van der Waals surface area contributed by atoms with Crippen molar-refractivity contribution in [1.82, 2.24) is 4.57 Å². The van der Waals surface area contributed by atoms with E-state index in [9.17, 15) is 0 Å². The molecule has 2 bridgehead atoms. The summed E-state index contributed by atoms with van der Waals surface area (Å²) in [5.41, 5.74) is 21.0. The summed E-state index contributed by atoms with van der Waals surface area (Å²) in [5, 5.41) is 2.47. The number of aromatic nitrogens is 1. The first-order valence-corrected chi connectivity index (χ1v) is 24.2. The van der Waals surface area contributed by atoms with Gasteiger partial charge in [0, 0.05) is 33.5 Å². The predicted molar refractivity (Wildman–Crippen MR) is 289 cm³/mol. The number of anilines is 2. The molecule has 1 heterocycles. The Morgan fingerprint density at radius 1 is 0.377 bits per heavy atom. The van der Waals surface area contributed by atoms with E-state index in [1.165, 1.54) is 94.3 Å². The van der Waals surface area contributed by atoms with E-state index in [2.05, 4.69) is 276 Å². The van der Waals surface area contributed by atoms with Crippen LogP contribution in [-0.2, 0) is 5.41 Å². The summed E-state index contributed by atoms with van der Waals surface area (Å²) in [5.74, 6) is 0. The smallest absolute Gasteiger partial charge is 0.0713 e. The average Bonchev–Trinajstić information content (AvgIpc) is 3.76. The van der Waals surface area contributed by atoms with Crippen molar-refractivity contribution in [3.05, 3.63) is 295 Å². The predicted octanol–water partition coefficient (Wildman–Crippen LogP) is 17.5. The van der Waals surface area contributed by atoms with Gasteiger partial charge in [-0.15, -0.1) is 0 Å². The summed E-state index contributed by atoms with van der Waals surface area (Å²) in [6.07, 6.45) is 9.02. The van der Waals surface area contributed by atoms with Crippen molar-refractivity contribution < 1.29 is 0 Å². The van der Waals surface area contributed by atoms with E-state index in [0.29, 0.717) is 0 Å². The Kier molecular flexibility index (Phi) is 9.91. The molecule has 0 amide bonds. The van der Waals surface area contributed by atoms with Gasteiger partial charge in [0.15, 0.2) is 0 Å². The lowest BCUT2D eigenvalue weighted by Crippen LogP contribution is -2.33. The lowest BCUT2D eigenvalue weighted by molar-refractivity contribution is 0.748. The summed E-state index contributed by atoms with van der Waals surface area (Å²) in [6, 6.07) is 92.2. The highest BCUT2D eigenvalue weighted by molar-refractivity contribution is 6.10. The van der Waals surface area contributed by atoms with Crippen molar-refractivity contribution >= 4 is 33.2 Å². The molecule has 2 nitrogen and oxygen atoms in total. The highest BCUT2D eigenvalue weighted by atomic mass is 15.1. The Bertz CT molecular complexity index is 3750. The van der Waals surface area contributed by atoms with Crippen LogP contribution in [0, 0.1) is 0 Å². The molecule has 2 aliphatic carbocycles. The summed E-state index contributed by atoms with van der Waals surface area (Å²) >= 11 is 0. The van der Waals surface area contributed by atoms with E-state index in [4.69, 9.17) is 0 Å². The van der Waals surface area contributed by atoms with Gasteiger partial charge in [-0.1, -0.05) is 218 Å². The topological polar surface area (TPSA) is 8.17 Å². The quantitative estimate of drug-likeness (QED) is 0.148. The molecule has 1 unspecified atom stereocenters. The molecule has 2 aliphatic rings. The van der Waals surface area contributed by atoms with Gasteiger partial charge in [0.1, 0.15) is 0 Å². The third-order valence-corrected chi connectivity index (χ3v) is 14.5. The van der Waals surface area contributed by atoms with Crippen LogP contribution in [0.4, 0.5) is 11.4 Å². The molecule has 13 rings (SSSR count). The van der Waals surface area contributed by atoms with Gasteiger partial charge in [0.2, 0.25) is 0 Å². The van der Waals surface area contributed by atoms with Gasteiger partial charge >= 0.3 is 0 Å². The minimum atomic E-state index is -0.685. The Labute approximate surface area is 404 Å². The van der Waals surface area contributed by atoms with Crippen molar-refractivity contribution in [3.63, 3.8) is 0 Å². The zero-order valence-corrected chi connectivity index (χ0v) is 38.2. The molecule has 0 aliphatic heterocycles. The average molecular weight is 881 g/mol. The molecule has 326 valence electrons. The van der Waals surface area contributed by atoms with Gasteiger partial charge in [-0.2, -0.15) is 0 Å². The minimum absolute atomic E-state index is 0.685. The molecule has 0 spiro atoms. The van der Waals surface area contributed by atoms with E-state index in [1.54, 1.807) is 0 Å². The highest BCUT2D eigenvalue weighted by Crippen LogP contribution is 2.56. The molecule has 2 heteroatoms.